The SMILES string of the molecule is C=P(/C=C\P(=C)(c1ccccc1)c1ccccc1)(c1ccccc1)c1ccccc1. The van der Waals surface area contributed by atoms with Crippen LogP contribution in [0.1, 0.15) is 0 Å². The summed E-state index contributed by atoms with van der Waals surface area (Å²) in [7, 11) is 0. The summed E-state index contributed by atoms with van der Waals surface area (Å²) in [5, 5.41) is 5.11. The molecule has 4 aromatic carbocycles. The van der Waals surface area contributed by atoms with Crippen molar-refractivity contribution in [1.29, 1.82) is 0 Å². The average Bonchev–Trinajstić information content (AvgIpc) is 2.84. The zero-order chi connectivity index (χ0) is 20.9. The van der Waals surface area contributed by atoms with Gasteiger partial charge in [0.05, 0.1) is 0 Å². The van der Waals surface area contributed by atoms with Crippen LogP contribution in [0.3, 0.4) is 0 Å². The summed E-state index contributed by atoms with van der Waals surface area (Å²) in [6, 6.07) is 42.7. The van der Waals surface area contributed by atoms with E-state index in [1.807, 2.05) is 0 Å². The molecule has 2 heteroatoms. The Hall–Kier alpha value is -2.78. The summed E-state index contributed by atoms with van der Waals surface area (Å²) in [4.78, 5) is 0. The van der Waals surface area contributed by atoms with Crippen LogP contribution in [0.25, 0.3) is 0 Å². The van der Waals surface area contributed by atoms with Gasteiger partial charge in [-0.3, -0.25) is 0 Å². The zero-order valence-electron chi connectivity index (χ0n) is 17.0. The van der Waals surface area contributed by atoms with Crippen LogP contribution in [-0.4, -0.2) is 12.6 Å². The molecule has 30 heavy (non-hydrogen) atoms. The molecular weight excluding hydrogens is 398 g/mol. The summed E-state index contributed by atoms with van der Waals surface area (Å²) in [6.45, 7) is -3.91. The van der Waals surface area contributed by atoms with Gasteiger partial charge >= 0.3 is 0 Å². The Bertz CT molecular complexity index is 1020. The topological polar surface area (TPSA) is 0 Å². The van der Waals surface area contributed by atoms with Crippen molar-refractivity contribution in [2.75, 3.05) is 0 Å². The van der Waals surface area contributed by atoms with Gasteiger partial charge < -0.3 is 0 Å². The highest BCUT2D eigenvalue weighted by Gasteiger charge is 2.20. The molecule has 0 heterocycles. The van der Waals surface area contributed by atoms with Gasteiger partial charge in [0, 0.05) is 0 Å². The van der Waals surface area contributed by atoms with Crippen LogP contribution >= 0.6 is 13.8 Å². The van der Waals surface area contributed by atoms with Crippen LogP contribution in [-0.2, 0) is 0 Å². The fraction of sp³-hybridized carbons (Fsp3) is 0. The minimum Gasteiger partial charge on any atom is -0.0892 e. The van der Waals surface area contributed by atoms with Crippen molar-refractivity contribution >= 4 is 47.6 Å². The molecule has 0 spiro atoms. The molecule has 0 atom stereocenters. The molecule has 0 nitrogen and oxygen atoms in total. The molecule has 0 aromatic heterocycles. The van der Waals surface area contributed by atoms with Gasteiger partial charge in [0.25, 0.3) is 0 Å². The molecule has 0 aliphatic carbocycles. The average molecular weight is 424 g/mol. The van der Waals surface area contributed by atoms with Gasteiger partial charge in [0.15, 0.2) is 0 Å². The normalized spacial score (nSPS) is 12.1. The number of hydrogen-bond donors (Lipinski definition) is 0. The molecule has 0 aliphatic rings. The van der Waals surface area contributed by atoms with Crippen molar-refractivity contribution in [3.63, 3.8) is 0 Å². The van der Waals surface area contributed by atoms with Crippen LogP contribution in [0.2, 0.25) is 0 Å². The molecule has 0 bridgehead atoms. The molecule has 4 rings (SSSR count). The van der Waals surface area contributed by atoms with Crippen molar-refractivity contribution in [1.82, 2.24) is 0 Å². The van der Waals surface area contributed by atoms with Crippen molar-refractivity contribution in [2.45, 2.75) is 0 Å². The maximum atomic E-state index is 4.81. The van der Waals surface area contributed by atoms with Gasteiger partial charge in [-0.25, -0.2) is 0 Å². The first-order valence-corrected chi connectivity index (χ1v) is 14.1. The molecule has 0 aliphatic heterocycles. The van der Waals surface area contributed by atoms with E-state index in [4.69, 9.17) is 12.6 Å². The Labute approximate surface area is 180 Å². The first-order chi connectivity index (χ1) is 14.6. The van der Waals surface area contributed by atoms with E-state index >= 15 is 0 Å². The Balaban J connectivity index is 1.90. The van der Waals surface area contributed by atoms with Gasteiger partial charge in [-0.1, -0.05) is 146 Å². The fourth-order valence-corrected chi connectivity index (χ4v) is 9.57. The van der Waals surface area contributed by atoms with Crippen LogP contribution in [0.15, 0.2) is 133 Å². The van der Waals surface area contributed by atoms with Gasteiger partial charge in [-0.2, -0.15) is 0 Å². The molecule has 0 saturated heterocycles. The largest absolute Gasteiger partial charge is 0.0892 e. The second-order valence-corrected chi connectivity index (χ2v) is 13.5. The molecule has 148 valence electrons. The molecule has 0 unspecified atom stereocenters. The Morgan fingerprint density at radius 2 is 0.567 bits per heavy atom. The first kappa shape index (κ1) is 20.5. The third kappa shape index (κ3) is 4.08. The molecule has 0 fully saturated rings. The van der Waals surface area contributed by atoms with E-state index in [2.05, 4.69) is 133 Å². The quantitative estimate of drug-likeness (QED) is 0.351. The Kier molecular flexibility index (Phi) is 6.10. The van der Waals surface area contributed by atoms with Crippen molar-refractivity contribution in [3.05, 3.63) is 133 Å². The van der Waals surface area contributed by atoms with E-state index in [1.54, 1.807) is 0 Å². The van der Waals surface area contributed by atoms with Crippen molar-refractivity contribution in [2.24, 2.45) is 0 Å². The number of benzene rings is 4. The molecular formula is C28H26P2. The maximum Gasteiger partial charge on any atom is -0.0171 e. The highest BCUT2D eigenvalue weighted by atomic mass is 31.2. The van der Waals surface area contributed by atoms with Crippen LogP contribution in [0.5, 0.6) is 0 Å². The summed E-state index contributed by atoms with van der Waals surface area (Å²) < 4.78 is 0. The minimum absolute atomic E-state index is 1.28. The molecule has 0 amide bonds. The van der Waals surface area contributed by atoms with Gasteiger partial charge in [-0.05, 0) is 35.0 Å². The monoisotopic (exact) mass is 424 g/mol. The van der Waals surface area contributed by atoms with Gasteiger partial charge in [-0.15, -0.1) is 0 Å². The molecule has 0 saturated carbocycles. The highest BCUT2D eigenvalue weighted by Crippen LogP contribution is 2.51. The smallest absolute Gasteiger partial charge is 0.0171 e. The Morgan fingerprint density at radius 3 is 0.767 bits per heavy atom. The second kappa shape index (κ2) is 8.93. The zero-order valence-corrected chi connectivity index (χ0v) is 18.8. The van der Waals surface area contributed by atoms with Crippen LogP contribution in [0.4, 0.5) is 0 Å². The molecule has 0 radical (unpaired) electrons. The maximum absolute atomic E-state index is 4.81. The first-order valence-electron chi connectivity index (χ1n) is 10.0. The van der Waals surface area contributed by atoms with Crippen molar-refractivity contribution in [3.8, 4) is 0 Å². The molecule has 4 aromatic rings. The standard InChI is InChI=1S/C28H26P2/c1-29(25-15-7-3-8-16-25,26-17-9-4-10-18-26)23-24-30(2,27-19-11-5-12-20-27)28-21-13-6-14-22-28/h3-24H,1-2H2/b24-23-. The van der Waals surface area contributed by atoms with Crippen LogP contribution < -0.4 is 21.2 Å². The summed E-state index contributed by atoms with van der Waals surface area (Å²) >= 11 is 0. The van der Waals surface area contributed by atoms with Crippen LogP contribution in [0, 0.1) is 0 Å². The van der Waals surface area contributed by atoms with E-state index < -0.39 is 13.8 Å². The van der Waals surface area contributed by atoms with E-state index in [0.29, 0.717) is 0 Å². The lowest BCUT2D eigenvalue weighted by molar-refractivity contribution is 1.75. The Morgan fingerprint density at radius 1 is 0.367 bits per heavy atom. The van der Waals surface area contributed by atoms with Gasteiger partial charge in [0.1, 0.15) is 0 Å². The van der Waals surface area contributed by atoms with E-state index in [0.717, 1.165) is 0 Å². The van der Waals surface area contributed by atoms with E-state index in [-0.39, 0.29) is 0 Å². The minimum atomic E-state index is -1.95. The lowest BCUT2D eigenvalue weighted by Gasteiger charge is -2.26. The number of hydrogen-bond acceptors (Lipinski definition) is 0. The predicted octanol–water partition coefficient (Wildman–Crippen LogP) is 5.66. The molecule has 0 N–H and O–H groups in total. The number of rotatable bonds is 6. The highest BCUT2D eigenvalue weighted by molar-refractivity contribution is 7.93. The van der Waals surface area contributed by atoms with E-state index in [1.165, 1.54) is 21.2 Å². The van der Waals surface area contributed by atoms with E-state index in [9.17, 15) is 0 Å². The third-order valence-corrected chi connectivity index (χ3v) is 11.9. The summed E-state index contributed by atoms with van der Waals surface area (Å²) in [5.41, 5.74) is 0. The van der Waals surface area contributed by atoms with Crippen molar-refractivity contribution < 1.29 is 0 Å². The summed E-state index contributed by atoms with van der Waals surface area (Å²) in [5.74, 6) is 4.75. The van der Waals surface area contributed by atoms with Gasteiger partial charge in [0.2, 0.25) is 0 Å². The lowest BCUT2D eigenvalue weighted by atomic mass is 10.4. The second-order valence-electron chi connectivity index (χ2n) is 7.38. The predicted molar refractivity (Wildman–Crippen MR) is 142 cm³/mol. The third-order valence-electron chi connectivity index (χ3n) is 5.44. The fourth-order valence-electron chi connectivity index (χ4n) is 3.65. The summed E-state index contributed by atoms with van der Waals surface area (Å²) in [6.07, 6.45) is 9.63. The lowest BCUT2D eigenvalue weighted by Crippen LogP contribution is -2.16.